The fraction of sp³-hybridized carbons (Fsp3) is 0.357. The lowest BCUT2D eigenvalue weighted by Gasteiger charge is -2.15. The van der Waals surface area contributed by atoms with Gasteiger partial charge in [-0.1, -0.05) is 17.3 Å². The fourth-order valence-corrected chi connectivity index (χ4v) is 3.36. The highest BCUT2D eigenvalue weighted by Gasteiger charge is 2.31. The third kappa shape index (κ3) is 2.87. The molecule has 3 rings (SSSR count). The second kappa shape index (κ2) is 5.77. The van der Waals surface area contributed by atoms with E-state index >= 15 is 0 Å². The molecule has 1 aliphatic heterocycles. The third-order valence-electron chi connectivity index (χ3n) is 3.40. The number of aromatic nitrogens is 3. The minimum atomic E-state index is -0.0310. The molecule has 0 saturated carbocycles. The summed E-state index contributed by atoms with van der Waals surface area (Å²) in [5.41, 5.74) is 1.91. The largest absolute Gasteiger partial charge is 0.497 e. The van der Waals surface area contributed by atoms with E-state index in [0.717, 1.165) is 17.0 Å². The van der Waals surface area contributed by atoms with Crippen LogP contribution in [0.3, 0.4) is 0 Å². The minimum Gasteiger partial charge on any atom is -0.497 e. The maximum absolute atomic E-state index is 11.6. The van der Waals surface area contributed by atoms with Crippen molar-refractivity contribution in [3.05, 3.63) is 41.7 Å². The van der Waals surface area contributed by atoms with E-state index in [1.54, 1.807) is 35.5 Å². The maximum atomic E-state index is 11.6. The molecule has 1 aromatic heterocycles. The average molecular weight is 304 g/mol. The summed E-state index contributed by atoms with van der Waals surface area (Å²) in [6, 6.07) is 7.85. The van der Waals surface area contributed by atoms with Gasteiger partial charge in [0.2, 0.25) is 5.91 Å². The van der Waals surface area contributed by atoms with Gasteiger partial charge < -0.3 is 9.64 Å². The van der Waals surface area contributed by atoms with E-state index in [1.807, 2.05) is 30.5 Å². The molecular weight excluding hydrogens is 288 g/mol. The van der Waals surface area contributed by atoms with Crippen LogP contribution in [0.1, 0.15) is 16.6 Å². The molecule has 6 nitrogen and oxygen atoms in total. The van der Waals surface area contributed by atoms with Gasteiger partial charge in [-0.05, 0) is 17.7 Å². The smallest absolute Gasteiger partial charge is 0.233 e. The molecule has 0 aliphatic carbocycles. The molecule has 1 saturated heterocycles. The van der Waals surface area contributed by atoms with E-state index in [9.17, 15) is 4.79 Å². The summed E-state index contributed by atoms with van der Waals surface area (Å²) in [6.07, 6.45) is 1.90. The Labute approximate surface area is 127 Å². The van der Waals surface area contributed by atoms with Crippen LogP contribution in [-0.2, 0) is 11.3 Å². The van der Waals surface area contributed by atoms with Crippen molar-refractivity contribution in [3.8, 4) is 5.75 Å². The molecule has 0 radical (unpaired) electrons. The van der Waals surface area contributed by atoms with Gasteiger partial charge in [-0.3, -0.25) is 4.79 Å². The van der Waals surface area contributed by atoms with E-state index in [-0.39, 0.29) is 11.3 Å². The van der Waals surface area contributed by atoms with Crippen LogP contribution in [-0.4, -0.2) is 45.7 Å². The van der Waals surface area contributed by atoms with Crippen molar-refractivity contribution in [2.75, 3.05) is 19.9 Å². The summed E-state index contributed by atoms with van der Waals surface area (Å²) in [6.45, 7) is 0.624. The number of amides is 1. The molecular formula is C14H16N4O2S. The number of thioether (sulfide) groups is 1. The van der Waals surface area contributed by atoms with Crippen molar-refractivity contribution in [3.63, 3.8) is 0 Å². The molecule has 1 amide bonds. The van der Waals surface area contributed by atoms with Gasteiger partial charge in [0, 0.05) is 7.05 Å². The predicted octanol–water partition coefficient (Wildman–Crippen LogP) is 1.54. The van der Waals surface area contributed by atoms with Crippen LogP contribution in [0.4, 0.5) is 0 Å². The molecule has 1 fully saturated rings. The summed E-state index contributed by atoms with van der Waals surface area (Å²) < 4.78 is 6.99. The normalized spacial score (nSPS) is 18.3. The van der Waals surface area contributed by atoms with Crippen LogP contribution in [0.2, 0.25) is 0 Å². The van der Waals surface area contributed by atoms with Crippen molar-refractivity contribution in [2.45, 2.75) is 11.9 Å². The first-order valence-corrected chi connectivity index (χ1v) is 7.62. The molecule has 7 heteroatoms. The molecule has 2 heterocycles. The number of ether oxygens (including phenoxy) is 1. The van der Waals surface area contributed by atoms with Crippen LogP contribution in [0, 0.1) is 0 Å². The summed E-state index contributed by atoms with van der Waals surface area (Å²) in [5.74, 6) is 1.46. The maximum Gasteiger partial charge on any atom is 0.233 e. The third-order valence-corrected chi connectivity index (χ3v) is 4.69. The van der Waals surface area contributed by atoms with Crippen LogP contribution in [0.15, 0.2) is 30.5 Å². The first kappa shape index (κ1) is 13.9. The molecule has 21 heavy (non-hydrogen) atoms. The van der Waals surface area contributed by atoms with Gasteiger partial charge in [0.1, 0.15) is 16.8 Å². The van der Waals surface area contributed by atoms with E-state index in [2.05, 4.69) is 10.3 Å². The average Bonchev–Trinajstić information content (AvgIpc) is 3.07. The number of nitrogens with zero attached hydrogens (tertiary/aromatic N) is 4. The fourth-order valence-electron chi connectivity index (χ4n) is 2.24. The molecule has 0 bridgehead atoms. The summed E-state index contributed by atoms with van der Waals surface area (Å²) in [5, 5.41) is 8.30. The quantitative estimate of drug-likeness (QED) is 0.857. The van der Waals surface area contributed by atoms with Gasteiger partial charge in [-0.2, -0.15) is 0 Å². The first-order valence-electron chi connectivity index (χ1n) is 6.57. The highest BCUT2D eigenvalue weighted by atomic mass is 32.2. The van der Waals surface area contributed by atoms with Crippen molar-refractivity contribution < 1.29 is 9.53 Å². The second-order valence-electron chi connectivity index (χ2n) is 4.86. The summed E-state index contributed by atoms with van der Waals surface area (Å²) in [7, 11) is 3.45. The molecule has 0 spiro atoms. The molecule has 0 N–H and O–H groups in total. The highest BCUT2D eigenvalue weighted by molar-refractivity contribution is 8.00. The van der Waals surface area contributed by atoms with E-state index in [4.69, 9.17) is 4.74 Å². The lowest BCUT2D eigenvalue weighted by molar-refractivity contribution is -0.126. The van der Waals surface area contributed by atoms with Crippen LogP contribution in [0.5, 0.6) is 5.75 Å². The Morgan fingerprint density at radius 3 is 3.05 bits per heavy atom. The Balaban J connectivity index is 1.74. The van der Waals surface area contributed by atoms with Gasteiger partial charge in [-0.25, -0.2) is 4.68 Å². The summed E-state index contributed by atoms with van der Waals surface area (Å²) in [4.78, 5) is 13.3. The lowest BCUT2D eigenvalue weighted by atomic mass is 10.2. The Morgan fingerprint density at radius 1 is 1.48 bits per heavy atom. The topological polar surface area (TPSA) is 60.2 Å². The van der Waals surface area contributed by atoms with Crippen molar-refractivity contribution >= 4 is 17.7 Å². The first-order chi connectivity index (χ1) is 10.2. The number of hydrogen-bond acceptors (Lipinski definition) is 5. The Morgan fingerprint density at radius 2 is 2.33 bits per heavy atom. The van der Waals surface area contributed by atoms with Gasteiger partial charge in [0.25, 0.3) is 0 Å². The monoisotopic (exact) mass is 304 g/mol. The lowest BCUT2D eigenvalue weighted by Crippen LogP contribution is -2.23. The molecule has 2 aromatic rings. The zero-order valence-corrected chi connectivity index (χ0v) is 12.7. The minimum absolute atomic E-state index is 0.0310. The predicted molar refractivity (Wildman–Crippen MR) is 80.1 cm³/mol. The molecule has 0 unspecified atom stereocenters. The van der Waals surface area contributed by atoms with Crippen molar-refractivity contribution in [2.24, 2.45) is 0 Å². The van der Waals surface area contributed by atoms with E-state index in [0.29, 0.717) is 12.3 Å². The second-order valence-corrected chi connectivity index (χ2v) is 5.93. The molecule has 110 valence electrons. The van der Waals surface area contributed by atoms with Crippen molar-refractivity contribution in [1.29, 1.82) is 0 Å². The summed E-state index contributed by atoms with van der Waals surface area (Å²) >= 11 is 1.58. The number of carbonyl (C=O) groups excluding carboxylic acids is 1. The number of benzene rings is 1. The van der Waals surface area contributed by atoms with Gasteiger partial charge in [-0.15, -0.1) is 16.9 Å². The van der Waals surface area contributed by atoms with Crippen molar-refractivity contribution in [1.82, 2.24) is 19.9 Å². The Kier molecular flexibility index (Phi) is 3.83. The van der Waals surface area contributed by atoms with Gasteiger partial charge in [0.05, 0.1) is 25.6 Å². The van der Waals surface area contributed by atoms with Crippen LogP contribution < -0.4 is 4.74 Å². The SMILES string of the molecule is COc1cccc(Cn2cc([C@H]3SCC(=O)N3C)nn2)c1. The highest BCUT2D eigenvalue weighted by Crippen LogP contribution is 2.35. The van der Waals surface area contributed by atoms with Gasteiger partial charge >= 0.3 is 0 Å². The van der Waals surface area contributed by atoms with E-state index < -0.39 is 0 Å². The number of methoxy groups -OCH3 is 1. The number of rotatable bonds is 4. The standard InChI is InChI=1S/C14H16N4O2S/c1-17-13(19)9-21-14(17)12-8-18(16-15-12)7-10-4-3-5-11(6-10)20-2/h3-6,8,14H,7,9H2,1-2H3/t14-/m1/s1. The van der Waals surface area contributed by atoms with Crippen LogP contribution >= 0.6 is 11.8 Å². The molecule has 1 atom stereocenters. The number of hydrogen-bond donors (Lipinski definition) is 0. The van der Waals surface area contributed by atoms with E-state index in [1.165, 1.54) is 0 Å². The van der Waals surface area contributed by atoms with Gasteiger partial charge in [0.15, 0.2) is 0 Å². The zero-order valence-electron chi connectivity index (χ0n) is 11.9. The molecule has 1 aliphatic rings. The number of carbonyl (C=O) groups is 1. The zero-order chi connectivity index (χ0) is 14.8. The Bertz CT molecular complexity index is 658. The molecule has 1 aromatic carbocycles. The van der Waals surface area contributed by atoms with Crippen LogP contribution in [0.25, 0.3) is 0 Å². The Hall–Kier alpha value is -2.02.